The van der Waals surface area contributed by atoms with E-state index in [0.29, 0.717) is 17.6 Å². The van der Waals surface area contributed by atoms with Gasteiger partial charge in [-0.3, -0.25) is 10.1 Å². The average molecular weight is 442 g/mol. The Hall–Kier alpha value is -2.61. The highest BCUT2D eigenvalue weighted by Crippen LogP contribution is 2.28. The minimum Gasteiger partial charge on any atom is -0.338 e. The number of aromatic nitrogens is 4. The Morgan fingerprint density at radius 2 is 1.74 bits per heavy atom. The normalized spacial score (nSPS) is 12.2. The molecule has 3 aromatic rings. The fraction of sp³-hybridized carbons (Fsp3) is 0.478. The van der Waals surface area contributed by atoms with E-state index in [4.69, 9.17) is 4.52 Å². The lowest BCUT2D eigenvalue weighted by atomic mass is 9.87. The molecule has 0 aliphatic carbocycles. The number of hydrogen-bond acceptors (Lipinski definition) is 6. The number of anilines is 1. The highest BCUT2D eigenvalue weighted by Gasteiger charge is 2.20. The fourth-order valence-corrected chi connectivity index (χ4v) is 3.81. The topological polar surface area (TPSA) is 85.8 Å². The molecule has 7 nitrogen and oxygen atoms in total. The zero-order chi connectivity index (χ0) is 22.8. The Morgan fingerprint density at radius 1 is 1.06 bits per heavy atom. The summed E-state index contributed by atoms with van der Waals surface area (Å²) in [5.41, 5.74) is 3.04. The molecule has 0 unspecified atom stereocenters. The van der Waals surface area contributed by atoms with Crippen LogP contribution in [-0.4, -0.2) is 31.6 Å². The van der Waals surface area contributed by atoms with Crippen LogP contribution in [0.4, 0.5) is 5.88 Å². The van der Waals surface area contributed by atoms with Gasteiger partial charge in [0.05, 0.1) is 11.4 Å². The number of nitrogens with one attached hydrogen (secondary N) is 1. The van der Waals surface area contributed by atoms with Gasteiger partial charge in [-0.05, 0) is 17.9 Å². The number of carbonyl (C=O) groups excluding carboxylic acids is 1. The number of nitrogens with zero attached hydrogens (tertiary/aromatic N) is 4. The van der Waals surface area contributed by atoms with Gasteiger partial charge in [0.25, 0.3) is 0 Å². The lowest BCUT2D eigenvalue weighted by Crippen LogP contribution is -2.14. The molecule has 2 aromatic heterocycles. The summed E-state index contributed by atoms with van der Waals surface area (Å²) >= 11 is 1.35. The SMILES string of the molecule is CCn1c(SCC(=O)Nc2cc(C(C)(C)C)no2)nnc1-c1ccc(C(C)(C)C)cc1. The molecule has 0 radical (unpaired) electrons. The molecule has 0 saturated heterocycles. The van der Waals surface area contributed by atoms with Gasteiger partial charge in [0.15, 0.2) is 11.0 Å². The molecule has 0 atom stereocenters. The van der Waals surface area contributed by atoms with Gasteiger partial charge in [-0.15, -0.1) is 10.2 Å². The van der Waals surface area contributed by atoms with Gasteiger partial charge in [-0.1, -0.05) is 82.7 Å². The summed E-state index contributed by atoms with van der Waals surface area (Å²) in [7, 11) is 0. The molecule has 1 aromatic carbocycles. The van der Waals surface area contributed by atoms with Crippen molar-refractivity contribution < 1.29 is 9.32 Å². The van der Waals surface area contributed by atoms with E-state index < -0.39 is 0 Å². The second-order valence-corrected chi connectivity index (χ2v) is 10.5. The van der Waals surface area contributed by atoms with E-state index in [0.717, 1.165) is 17.1 Å². The molecule has 166 valence electrons. The van der Waals surface area contributed by atoms with Gasteiger partial charge >= 0.3 is 0 Å². The minimum absolute atomic E-state index is 0.0997. The molecule has 0 fully saturated rings. The molecule has 2 heterocycles. The number of rotatable bonds is 6. The average Bonchev–Trinajstić information content (AvgIpc) is 3.32. The Kier molecular flexibility index (Phi) is 6.59. The van der Waals surface area contributed by atoms with Crippen molar-refractivity contribution in [2.24, 2.45) is 0 Å². The summed E-state index contributed by atoms with van der Waals surface area (Å²) in [5, 5.41) is 16.2. The molecular weight excluding hydrogens is 410 g/mol. The molecule has 0 aliphatic heterocycles. The number of thioether (sulfide) groups is 1. The fourth-order valence-electron chi connectivity index (χ4n) is 3.00. The molecule has 1 amide bonds. The molecule has 1 N–H and O–H groups in total. The highest BCUT2D eigenvalue weighted by atomic mass is 32.2. The Balaban J connectivity index is 1.67. The van der Waals surface area contributed by atoms with Gasteiger partial charge < -0.3 is 9.09 Å². The summed E-state index contributed by atoms with van der Waals surface area (Å²) in [6.07, 6.45) is 0. The van der Waals surface area contributed by atoms with Crippen molar-refractivity contribution in [3.63, 3.8) is 0 Å². The van der Waals surface area contributed by atoms with Crippen molar-refractivity contribution in [2.75, 3.05) is 11.1 Å². The van der Waals surface area contributed by atoms with E-state index in [1.807, 2.05) is 32.3 Å². The molecule has 31 heavy (non-hydrogen) atoms. The number of amides is 1. The van der Waals surface area contributed by atoms with Crippen LogP contribution in [0.2, 0.25) is 0 Å². The maximum Gasteiger partial charge on any atom is 0.237 e. The smallest absolute Gasteiger partial charge is 0.237 e. The molecule has 0 bridgehead atoms. The Labute approximate surface area is 188 Å². The second-order valence-electron chi connectivity index (χ2n) is 9.54. The molecule has 0 saturated carbocycles. The van der Waals surface area contributed by atoms with Crippen LogP contribution >= 0.6 is 11.8 Å². The summed E-state index contributed by atoms with van der Waals surface area (Å²) < 4.78 is 7.25. The second kappa shape index (κ2) is 8.86. The van der Waals surface area contributed by atoms with Crippen LogP contribution < -0.4 is 5.32 Å². The van der Waals surface area contributed by atoms with Crippen molar-refractivity contribution >= 4 is 23.6 Å². The number of carbonyl (C=O) groups is 1. The van der Waals surface area contributed by atoms with E-state index in [-0.39, 0.29) is 22.5 Å². The quantitative estimate of drug-likeness (QED) is 0.524. The zero-order valence-corrected chi connectivity index (χ0v) is 20.1. The maximum absolute atomic E-state index is 12.4. The summed E-state index contributed by atoms with van der Waals surface area (Å²) in [4.78, 5) is 12.4. The van der Waals surface area contributed by atoms with Gasteiger partial charge in [0.1, 0.15) is 0 Å². The Morgan fingerprint density at radius 3 is 2.29 bits per heavy atom. The van der Waals surface area contributed by atoms with Crippen molar-refractivity contribution in [1.82, 2.24) is 19.9 Å². The van der Waals surface area contributed by atoms with Gasteiger partial charge in [0.2, 0.25) is 11.8 Å². The van der Waals surface area contributed by atoms with Gasteiger partial charge in [-0.2, -0.15) is 0 Å². The molecule has 8 heteroatoms. The maximum atomic E-state index is 12.4. The summed E-state index contributed by atoms with van der Waals surface area (Å²) in [6, 6.07) is 10.2. The first-order valence-electron chi connectivity index (χ1n) is 10.4. The van der Waals surface area contributed by atoms with E-state index in [1.165, 1.54) is 17.3 Å². The van der Waals surface area contributed by atoms with Crippen molar-refractivity contribution in [3.8, 4) is 11.4 Å². The van der Waals surface area contributed by atoms with Crippen LogP contribution in [0.25, 0.3) is 11.4 Å². The third-order valence-corrected chi connectivity index (χ3v) is 5.88. The monoisotopic (exact) mass is 441 g/mol. The Bertz CT molecular complexity index is 1040. The largest absolute Gasteiger partial charge is 0.338 e. The molecule has 3 rings (SSSR count). The third-order valence-electron chi connectivity index (χ3n) is 4.92. The number of benzene rings is 1. The number of hydrogen-bond donors (Lipinski definition) is 1. The van der Waals surface area contributed by atoms with Crippen LogP contribution in [0, 0.1) is 0 Å². The first-order valence-corrected chi connectivity index (χ1v) is 11.4. The van der Waals surface area contributed by atoms with Crippen molar-refractivity contribution in [3.05, 3.63) is 41.6 Å². The first-order chi connectivity index (χ1) is 14.5. The van der Waals surface area contributed by atoms with Gasteiger partial charge in [0, 0.05) is 23.6 Å². The van der Waals surface area contributed by atoms with Crippen LogP contribution in [0.5, 0.6) is 0 Å². The van der Waals surface area contributed by atoms with E-state index in [1.54, 1.807) is 6.07 Å². The minimum atomic E-state index is -0.177. The van der Waals surface area contributed by atoms with Crippen LogP contribution in [0.3, 0.4) is 0 Å². The molecule has 0 aliphatic rings. The van der Waals surface area contributed by atoms with E-state index in [9.17, 15) is 4.79 Å². The van der Waals surface area contributed by atoms with Crippen LogP contribution in [0.1, 0.15) is 59.7 Å². The van der Waals surface area contributed by atoms with E-state index >= 15 is 0 Å². The third kappa shape index (κ3) is 5.55. The first kappa shape index (κ1) is 23.1. The lowest BCUT2D eigenvalue weighted by Gasteiger charge is -2.19. The van der Waals surface area contributed by atoms with E-state index in [2.05, 4.69) is 65.7 Å². The van der Waals surface area contributed by atoms with Crippen molar-refractivity contribution in [2.45, 2.75) is 71.0 Å². The van der Waals surface area contributed by atoms with Crippen molar-refractivity contribution in [1.29, 1.82) is 0 Å². The standard InChI is InChI=1S/C23H31N5O2S/c1-8-28-20(15-9-11-16(12-10-15)22(2,3)4)25-26-21(28)31-14-18(29)24-19-13-17(27-30-19)23(5,6)7/h9-13H,8,14H2,1-7H3,(H,24,29). The lowest BCUT2D eigenvalue weighted by molar-refractivity contribution is -0.113. The zero-order valence-electron chi connectivity index (χ0n) is 19.3. The molecule has 0 spiro atoms. The summed E-state index contributed by atoms with van der Waals surface area (Å²) in [6.45, 7) is 15.5. The van der Waals surface area contributed by atoms with Crippen LogP contribution in [0.15, 0.2) is 40.0 Å². The predicted octanol–water partition coefficient (Wildman–Crippen LogP) is 5.28. The highest BCUT2D eigenvalue weighted by molar-refractivity contribution is 7.99. The van der Waals surface area contributed by atoms with Gasteiger partial charge in [-0.25, -0.2) is 0 Å². The summed E-state index contributed by atoms with van der Waals surface area (Å²) in [5.74, 6) is 1.18. The molecular formula is C23H31N5O2S. The van der Waals surface area contributed by atoms with Crippen LogP contribution in [-0.2, 0) is 22.2 Å². The predicted molar refractivity (Wildman–Crippen MR) is 124 cm³/mol.